The molecule has 0 aliphatic heterocycles. The number of anilines is 1. The number of amides is 2. The first-order valence-corrected chi connectivity index (χ1v) is 6.59. The third-order valence-electron chi connectivity index (χ3n) is 2.98. The SMILES string of the molecule is CCc1ccc(NC(=O)N(C)Cc2noc(C)n2)cc1F. The number of benzene rings is 1. The van der Waals surface area contributed by atoms with Crippen molar-refractivity contribution in [3.63, 3.8) is 0 Å². The zero-order valence-electron chi connectivity index (χ0n) is 12.2. The smallest absolute Gasteiger partial charge is 0.321 e. The average molecular weight is 292 g/mol. The van der Waals surface area contributed by atoms with Crippen LogP contribution < -0.4 is 5.32 Å². The van der Waals surface area contributed by atoms with Crippen LogP contribution in [0.5, 0.6) is 0 Å². The van der Waals surface area contributed by atoms with Crippen LogP contribution in [-0.2, 0) is 13.0 Å². The van der Waals surface area contributed by atoms with Gasteiger partial charge in [-0.1, -0.05) is 18.1 Å². The number of carbonyl (C=O) groups is 1. The van der Waals surface area contributed by atoms with E-state index in [4.69, 9.17) is 4.52 Å². The van der Waals surface area contributed by atoms with E-state index in [2.05, 4.69) is 15.5 Å². The predicted octanol–water partition coefficient (Wildman–Crippen LogP) is 2.74. The van der Waals surface area contributed by atoms with Gasteiger partial charge in [0.1, 0.15) is 5.82 Å². The number of hydrogen-bond acceptors (Lipinski definition) is 4. The number of aryl methyl sites for hydroxylation is 2. The lowest BCUT2D eigenvalue weighted by Gasteiger charge is -2.16. The van der Waals surface area contributed by atoms with Crippen LogP contribution in [-0.4, -0.2) is 28.1 Å². The zero-order chi connectivity index (χ0) is 15.4. The first-order chi connectivity index (χ1) is 9.99. The molecule has 1 heterocycles. The van der Waals surface area contributed by atoms with Gasteiger partial charge in [-0.05, 0) is 24.1 Å². The topological polar surface area (TPSA) is 71.3 Å². The maximum atomic E-state index is 13.7. The van der Waals surface area contributed by atoms with Crippen LogP contribution in [0.2, 0.25) is 0 Å². The Morgan fingerprint density at radius 1 is 1.48 bits per heavy atom. The number of nitrogens with one attached hydrogen (secondary N) is 1. The van der Waals surface area contributed by atoms with E-state index in [1.165, 1.54) is 11.0 Å². The summed E-state index contributed by atoms with van der Waals surface area (Å²) in [5.74, 6) is 0.528. The zero-order valence-corrected chi connectivity index (χ0v) is 12.2. The lowest BCUT2D eigenvalue weighted by Crippen LogP contribution is -2.31. The molecule has 21 heavy (non-hydrogen) atoms. The van der Waals surface area contributed by atoms with Gasteiger partial charge in [-0.2, -0.15) is 4.98 Å². The van der Waals surface area contributed by atoms with Gasteiger partial charge in [0.2, 0.25) is 5.89 Å². The average Bonchev–Trinajstić information content (AvgIpc) is 2.84. The Balaban J connectivity index is 1.98. The lowest BCUT2D eigenvalue weighted by molar-refractivity contribution is 0.219. The maximum Gasteiger partial charge on any atom is 0.321 e. The van der Waals surface area contributed by atoms with Gasteiger partial charge in [0.25, 0.3) is 0 Å². The van der Waals surface area contributed by atoms with Crippen LogP contribution in [0.15, 0.2) is 22.7 Å². The van der Waals surface area contributed by atoms with Crippen LogP contribution in [0.1, 0.15) is 24.2 Å². The minimum absolute atomic E-state index is 0.207. The standard InChI is InChI=1S/C14H17FN4O2/c1-4-10-5-6-11(7-12(10)15)17-14(20)19(3)8-13-16-9(2)21-18-13/h5-7H,4,8H2,1-3H3,(H,17,20). The largest absolute Gasteiger partial charge is 0.340 e. The number of carbonyl (C=O) groups excluding carboxylic acids is 1. The highest BCUT2D eigenvalue weighted by atomic mass is 19.1. The van der Waals surface area contributed by atoms with E-state index in [1.807, 2.05) is 6.92 Å². The molecule has 2 amide bonds. The summed E-state index contributed by atoms with van der Waals surface area (Å²) in [6.07, 6.45) is 0.608. The summed E-state index contributed by atoms with van der Waals surface area (Å²) in [6, 6.07) is 4.27. The normalized spacial score (nSPS) is 10.5. The molecule has 0 unspecified atom stereocenters. The molecule has 7 heteroatoms. The van der Waals surface area contributed by atoms with Gasteiger partial charge in [-0.25, -0.2) is 9.18 Å². The Labute approximate surface area is 121 Å². The molecule has 0 bridgehead atoms. The molecule has 0 spiro atoms. The van der Waals surface area contributed by atoms with Crippen molar-refractivity contribution in [1.29, 1.82) is 0 Å². The summed E-state index contributed by atoms with van der Waals surface area (Å²) in [7, 11) is 1.60. The molecule has 0 radical (unpaired) electrons. The van der Waals surface area contributed by atoms with Crippen LogP contribution in [0.25, 0.3) is 0 Å². The van der Waals surface area contributed by atoms with Crippen molar-refractivity contribution in [2.24, 2.45) is 0 Å². The molecule has 6 nitrogen and oxygen atoms in total. The molecule has 2 rings (SSSR count). The van der Waals surface area contributed by atoms with E-state index in [9.17, 15) is 9.18 Å². The van der Waals surface area contributed by atoms with Crippen LogP contribution >= 0.6 is 0 Å². The molecule has 1 aromatic carbocycles. The number of rotatable bonds is 4. The van der Waals surface area contributed by atoms with E-state index in [0.29, 0.717) is 29.4 Å². The Morgan fingerprint density at radius 2 is 2.24 bits per heavy atom. The van der Waals surface area contributed by atoms with E-state index >= 15 is 0 Å². The summed E-state index contributed by atoms with van der Waals surface area (Å²) in [5, 5.41) is 6.34. The van der Waals surface area contributed by atoms with Gasteiger partial charge in [0, 0.05) is 19.7 Å². The van der Waals surface area contributed by atoms with Gasteiger partial charge in [0.15, 0.2) is 5.82 Å². The third kappa shape index (κ3) is 3.77. The molecule has 1 aromatic heterocycles. The molecule has 112 valence electrons. The van der Waals surface area contributed by atoms with Crippen molar-refractivity contribution in [1.82, 2.24) is 15.0 Å². The number of urea groups is 1. The Morgan fingerprint density at radius 3 is 2.81 bits per heavy atom. The van der Waals surface area contributed by atoms with Gasteiger partial charge in [-0.3, -0.25) is 0 Å². The second kappa shape index (κ2) is 6.34. The molecular formula is C14H17FN4O2. The number of nitrogens with zero attached hydrogens (tertiary/aromatic N) is 3. The molecule has 1 N–H and O–H groups in total. The summed E-state index contributed by atoms with van der Waals surface area (Å²) >= 11 is 0. The molecule has 0 aliphatic carbocycles. The fourth-order valence-corrected chi connectivity index (χ4v) is 1.82. The molecule has 0 saturated carbocycles. The summed E-state index contributed by atoms with van der Waals surface area (Å²) < 4.78 is 18.5. The third-order valence-corrected chi connectivity index (χ3v) is 2.98. The fraction of sp³-hybridized carbons (Fsp3) is 0.357. The van der Waals surface area contributed by atoms with E-state index in [-0.39, 0.29) is 18.4 Å². The Kier molecular flexibility index (Phi) is 4.52. The van der Waals surface area contributed by atoms with Gasteiger partial charge in [-0.15, -0.1) is 0 Å². The number of aromatic nitrogens is 2. The van der Waals surface area contributed by atoms with Gasteiger partial charge >= 0.3 is 6.03 Å². The second-order valence-corrected chi connectivity index (χ2v) is 4.68. The fourth-order valence-electron chi connectivity index (χ4n) is 1.82. The van der Waals surface area contributed by atoms with Crippen molar-refractivity contribution in [2.45, 2.75) is 26.8 Å². The maximum absolute atomic E-state index is 13.7. The molecular weight excluding hydrogens is 275 g/mol. The van der Waals surface area contributed by atoms with E-state index < -0.39 is 0 Å². The van der Waals surface area contributed by atoms with Crippen molar-refractivity contribution in [3.05, 3.63) is 41.3 Å². The van der Waals surface area contributed by atoms with Gasteiger partial charge < -0.3 is 14.7 Å². The summed E-state index contributed by atoms with van der Waals surface area (Å²) in [5.41, 5.74) is 1.02. The monoisotopic (exact) mass is 292 g/mol. The highest BCUT2D eigenvalue weighted by Crippen LogP contribution is 2.15. The highest BCUT2D eigenvalue weighted by molar-refractivity contribution is 5.89. The summed E-state index contributed by atoms with van der Waals surface area (Å²) in [6.45, 7) is 3.75. The molecule has 0 atom stereocenters. The molecule has 2 aromatic rings. The number of halogens is 1. The lowest BCUT2D eigenvalue weighted by atomic mass is 10.1. The molecule has 0 saturated heterocycles. The quantitative estimate of drug-likeness (QED) is 0.940. The van der Waals surface area contributed by atoms with Gasteiger partial charge in [0.05, 0.1) is 6.54 Å². The minimum atomic E-state index is -0.374. The predicted molar refractivity (Wildman–Crippen MR) is 75.3 cm³/mol. The molecule has 0 aliphatic rings. The van der Waals surface area contributed by atoms with Crippen molar-refractivity contribution in [2.75, 3.05) is 12.4 Å². The Hall–Kier alpha value is -2.44. The van der Waals surface area contributed by atoms with Crippen LogP contribution in [0.3, 0.4) is 0 Å². The summed E-state index contributed by atoms with van der Waals surface area (Å²) in [4.78, 5) is 17.4. The number of hydrogen-bond donors (Lipinski definition) is 1. The minimum Gasteiger partial charge on any atom is -0.340 e. The Bertz CT molecular complexity index is 642. The van der Waals surface area contributed by atoms with Crippen LogP contribution in [0, 0.1) is 12.7 Å². The van der Waals surface area contributed by atoms with Crippen LogP contribution in [0.4, 0.5) is 14.9 Å². The van der Waals surface area contributed by atoms with E-state index in [1.54, 1.807) is 26.1 Å². The molecule has 0 fully saturated rings. The first kappa shape index (κ1) is 15.0. The van der Waals surface area contributed by atoms with Crippen molar-refractivity contribution >= 4 is 11.7 Å². The second-order valence-electron chi connectivity index (χ2n) is 4.68. The highest BCUT2D eigenvalue weighted by Gasteiger charge is 2.13. The van der Waals surface area contributed by atoms with Crippen molar-refractivity contribution in [3.8, 4) is 0 Å². The first-order valence-electron chi connectivity index (χ1n) is 6.59. The van der Waals surface area contributed by atoms with E-state index in [0.717, 1.165) is 0 Å². The van der Waals surface area contributed by atoms with Crippen molar-refractivity contribution < 1.29 is 13.7 Å².